The summed E-state index contributed by atoms with van der Waals surface area (Å²) in [4.78, 5) is 5.85. The fourth-order valence-electron chi connectivity index (χ4n) is 2.49. The summed E-state index contributed by atoms with van der Waals surface area (Å²) < 4.78 is 29.2. The largest absolute Gasteiger partial charge is 0.352 e. The van der Waals surface area contributed by atoms with Crippen LogP contribution in [0.15, 0.2) is 17.2 Å². The van der Waals surface area contributed by atoms with E-state index in [1.165, 1.54) is 16.2 Å². The lowest BCUT2D eigenvalue weighted by Gasteiger charge is -2.02. The van der Waals surface area contributed by atoms with E-state index < -0.39 is 10.0 Å². The van der Waals surface area contributed by atoms with Gasteiger partial charge in [-0.2, -0.15) is 0 Å². The minimum Gasteiger partial charge on any atom is -0.352 e. The maximum atomic E-state index is 12.4. The molecule has 0 unspecified atom stereocenters. The van der Waals surface area contributed by atoms with E-state index in [0.29, 0.717) is 11.7 Å². The Morgan fingerprint density at radius 3 is 2.95 bits per heavy atom. The molecule has 2 aromatic rings. The topological polar surface area (TPSA) is 76.0 Å². The molecule has 21 heavy (non-hydrogen) atoms. The number of sulfonamides is 1. The molecule has 0 atom stereocenters. The highest BCUT2D eigenvalue weighted by Gasteiger charge is 2.22. The Balaban J connectivity index is 1.84. The molecule has 0 saturated heterocycles. The lowest BCUT2D eigenvalue weighted by atomic mass is 10.4. The smallest absolute Gasteiger partial charge is 0.265 e. The number of nitrogens with zero attached hydrogens (tertiary/aromatic N) is 2. The van der Waals surface area contributed by atoms with E-state index in [1.807, 2.05) is 18.7 Å². The molecule has 8 heteroatoms. The first kappa shape index (κ1) is 14.6. The van der Waals surface area contributed by atoms with Crippen LogP contribution in [0.4, 0.5) is 5.13 Å². The van der Waals surface area contributed by atoms with Crippen LogP contribution >= 0.6 is 11.3 Å². The summed E-state index contributed by atoms with van der Waals surface area (Å²) in [6.07, 6.45) is 4.70. The summed E-state index contributed by atoms with van der Waals surface area (Å²) >= 11 is 1.44. The lowest BCUT2D eigenvalue weighted by molar-refractivity contribution is 0.601. The SMILES string of the molecule is CNCc1cc(S(=O)(=O)Nc2nc3c(s2)CCC3)cn1C. The van der Waals surface area contributed by atoms with Crippen molar-refractivity contribution in [3.8, 4) is 0 Å². The fraction of sp³-hybridized carbons (Fsp3) is 0.462. The molecule has 0 spiro atoms. The first-order chi connectivity index (χ1) is 9.99. The van der Waals surface area contributed by atoms with Crippen molar-refractivity contribution < 1.29 is 8.42 Å². The van der Waals surface area contributed by atoms with Crippen LogP contribution in [0.2, 0.25) is 0 Å². The third-order valence-corrected chi connectivity index (χ3v) is 6.08. The van der Waals surface area contributed by atoms with Crippen LogP contribution in [0.1, 0.15) is 22.7 Å². The molecule has 6 nitrogen and oxygen atoms in total. The Morgan fingerprint density at radius 2 is 2.24 bits per heavy atom. The van der Waals surface area contributed by atoms with Gasteiger partial charge in [-0.05, 0) is 32.4 Å². The van der Waals surface area contributed by atoms with E-state index in [0.717, 1.165) is 30.7 Å². The Hall–Kier alpha value is -1.38. The van der Waals surface area contributed by atoms with Gasteiger partial charge >= 0.3 is 0 Å². The van der Waals surface area contributed by atoms with Crippen LogP contribution in [0.3, 0.4) is 0 Å². The van der Waals surface area contributed by atoms with Gasteiger partial charge in [0.1, 0.15) is 4.90 Å². The van der Waals surface area contributed by atoms with Crippen molar-refractivity contribution in [2.75, 3.05) is 11.8 Å². The number of nitrogens with one attached hydrogen (secondary N) is 2. The highest BCUT2D eigenvalue weighted by molar-refractivity contribution is 7.93. The summed E-state index contributed by atoms with van der Waals surface area (Å²) in [5.74, 6) is 0. The van der Waals surface area contributed by atoms with Gasteiger partial charge in [-0.1, -0.05) is 0 Å². The normalized spacial score (nSPS) is 14.4. The molecule has 0 radical (unpaired) electrons. The molecule has 1 aliphatic carbocycles. The van der Waals surface area contributed by atoms with Gasteiger partial charge in [0.15, 0.2) is 5.13 Å². The molecule has 1 aliphatic rings. The van der Waals surface area contributed by atoms with Crippen molar-refractivity contribution in [3.05, 3.63) is 28.5 Å². The third kappa shape index (κ3) is 2.83. The van der Waals surface area contributed by atoms with Crippen LogP contribution in [0.5, 0.6) is 0 Å². The second-order valence-electron chi connectivity index (χ2n) is 5.16. The first-order valence-corrected chi connectivity index (χ1v) is 9.11. The number of aryl methyl sites for hydroxylation is 3. The monoisotopic (exact) mass is 326 g/mol. The first-order valence-electron chi connectivity index (χ1n) is 6.81. The molecular formula is C13H18N4O2S2. The van der Waals surface area contributed by atoms with E-state index in [9.17, 15) is 8.42 Å². The maximum absolute atomic E-state index is 12.4. The molecule has 114 valence electrons. The quantitative estimate of drug-likeness (QED) is 0.873. The van der Waals surface area contributed by atoms with Crippen molar-refractivity contribution in [1.82, 2.24) is 14.9 Å². The van der Waals surface area contributed by atoms with Crippen molar-refractivity contribution in [2.24, 2.45) is 7.05 Å². The van der Waals surface area contributed by atoms with Gasteiger partial charge in [-0.3, -0.25) is 4.72 Å². The lowest BCUT2D eigenvalue weighted by Crippen LogP contribution is -2.12. The average molecular weight is 326 g/mol. The minimum absolute atomic E-state index is 0.269. The maximum Gasteiger partial charge on any atom is 0.265 e. The Labute approximate surface area is 128 Å². The van der Waals surface area contributed by atoms with Gasteiger partial charge in [0.2, 0.25) is 0 Å². The zero-order chi connectivity index (χ0) is 15.0. The molecule has 0 bridgehead atoms. The standard InChI is InChI=1S/C13H18N4O2S2/c1-14-7-9-6-10(8-17(9)2)21(18,19)16-13-15-11-4-3-5-12(11)20-13/h6,8,14H,3-5,7H2,1-2H3,(H,15,16). The summed E-state index contributed by atoms with van der Waals surface area (Å²) in [7, 11) is 0.0953. The number of rotatable bonds is 5. The fourth-order valence-corrected chi connectivity index (χ4v) is 4.87. The highest BCUT2D eigenvalue weighted by atomic mass is 32.2. The van der Waals surface area contributed by atoms with Crippen LogP contribution in [0, 0.1) is 0 Å². The number of hydrogen-bond donors (Lipinski definition) is 2. The van der Waals surface area contributed by atoms with Crippen molar-refractivity contribution in [3.63, 3.8) is 0 Å². The molecule has 0 saturated carbocycles. The number of hydrogen-bond acceptors (Lipinski definition) is 5. The summed E-state index contributed by atoms with van der Waals surface area (Å²) in [6.45, 7) is 0.623. The third-order valence-electron chi connectivity index (χ3n) is 3.57. The van der Waals surface area contributed by atoms with Gasteiger partial charge in [-0.25, -0.2) is 13.4 Å². The predicted octanol–water partition coefficient (Wildman–Crippen LogP) is 1.49. The van der Waals surface area contributed by atoms with Gasteiger partial charge in [0, 0.05) is 30.4 Å². The molecule has 3 rings (SSSR count). The second kappa shape index (κ2) is 5.43. The number of aromatic nitrogens is 2. The predicted molar refractivity (Wildman–Crippen MR) is 83.1 cm³/mol. The number of thiazole rings is 1. The van der Waals surface area contributed by atoms with Crippen LogP contribution in [0.25, 0.3) is 0 Å². The molecule has 0 fully saturated rings. The van der Waals surface area contributed by atoms with E-state index in [4.69, 9.17) is 0 Å². The molecule has 2 N–H and O–H groups in total. The van der Waals surface area contributed by atoms with Crippen LogP contribution < -0.4 is 10.0 Å². The van der Waals surface area contributed by atoms with Crippen LogP contribution in [-0.4, -0.2) is 25.0 Å². The van der Waals surface area contributed by atoms with Crippen LogP contribution in [-0.2, 0) is 36.5 Å². The van der Waals surface area contributed by atoms with Gasteiger partial charge in [0.25, 0.3) is 10.0 Å². The van der Waals surface area contributed by atoms with Crippen molar-refractivity contribution in [1.29, 1.82) is 0 Å². The van der Waals surface area contributed by atoms with Crippen molar-refractivity contribution >= 4 is 26.5 Å². The second-order valence-corrected chi connectivity index (χ2v) is 7.92. The molecular weight excluding hydrogens is 308 g/mol. The van der Waals surface area contributed by atoms with E-state index in [2.05, 4.69) is 15.0 Å². The molecule has 0 aromatic carbocycles. The molecule has 2 aromatic heterocycles. The highest BCUT2D eigenvalue weighted by Crippen LogP contribution is 2.31. The summed E-state index contributed by atoms with van der Waals surface area (Å²) in [6, 6.07) is 1.68. The zero-order valence-corrected chi connectivity index (χ0v) is 13.6. The van der Waals surface area contributed by atoms with Gasteiger partial charge < -0.3 is 9.88 Å². The number of anilines is 1. The average Bonchev–Trinajstić information content (AvgIpc) is 3.05. The zero-order valence-electron chi connectivity index (χ0n) is 12.0. The summed E-state index contributed by atoms with van der Waals surface area (Å²) in [5.41, 5.74) is 1.96. The van der Waals surface area contributed by atoms with E-state index in [-0.39, 0.29) is 4.90 Å². The van der Waals surface area contributed by atoms with Gasteiger partial charge in [-0.15, -0.1) is 11.3 Å². The van der Waals surface area contributed by atoms with Gasteiger partial charge in [0.05, 0.1) is 5.69 Å². The summed E-state index contributed by atoms with van der Waals surface area (Å²) in [5, 5.41) is 3.49. The Morgan fingerprint density at radius 1 is 1.43 bits per heavy atom. The molecule has 0 aliphatic heterocycles. The van der Waals surface area contributed by atoms with E-state index >= 15 is 0 Å². The molecule has 0 amide bonds. The Bertz CT molecular complexity index is 740. The number of fused-ring (bicyclic) bond motifs is 1. The van der Waals surface area contributed by atoms with E-state index in [1.54, 1.807) is 12.3 Å². The van der Waals surface area contributed by atoms with Crippen molar-refractivity contribution in [2.45, 2.75) is 30.7 Å². The molecule has 2 heterocycles. The Kier molecular flexibility index (Phi) is 3.76. The minimum atomic E-state index is -3.57.